The van der Waals surface area contributed by atoms with Crippen LogP contribution in [-0.2, 0) is 10.2 Å². The Morgan fingerprint density at radius 1 is 1.29 bits per heavy atom. The van der Waals surface area contributed by atoms with Gasteiger partial charge in [0.05, 0.1) is 0 Å². The molecule has 1 aromatic rings. The Labute approximate surface area is 102 Å². The Kier molecular flexibility index (Phi) is 5.96. The number of hydrogen-bond donors (Lipinski definition) is 0. The predicted molar refractivity (Wildman–Crippen MR) is 66.7 cm³/mol. The van der Waals surface area contributed by atoms with Gasteiger partial charge in [0.2, 0.25) is 0 Å². The lowest BCUT2D eigenvalue weighted by molar-refractivity contribution is 0.492. The lowest BCUT2D eigenvalue weighted by Crippen LogP contribution is -1.89. The van der Waals surface area contributed by atoms with Gasteiger partial charge in [0.15, 0.2) is 16.3 Å². The average Bonchev–Trinajstić information content (AvgIpc) is 2.25. The van der Waals surface area contributed by atoms with Crippen LogP contribution in [0.15, 0.2) is 42.2 Å². The van der Waals surface area contributed by atoms with E-state index in [0.29, 0.717) is 0 Å². The van der Waals surface area contributed by atoms with Crippen LogP contribution in [0.3, 0.4) is 0 Å². The summed E-state index contributed by atoms with van der Waals surface area (Å²) in [5.74, 6) is 0.964. The minimum Gasteiger partial charge on any atom is -0.423 e. The van der Waals surface area contributed by atoms with E-state index < -0.39 is 0 Å². The van der Waals surface area contributed by atoms with Gasteiger partial charge in [-0.3, -0.25) is 0 Å². The molecule has 0 N–H and O–H groups in total. The number of halogens is 2. The minimum absolute atomic E-state index is 0.822. The Hall–Kier alpha value is -0.280. The Morgan fingerprint density at radius 2 is 2.00 bits per heavy atom. The standard InChI is InChI=1S/C11H12Br2O/c12-9-8-11(14-13)7-6-10-4-2-1-3-5-10/h1-5,8H,6-7,9H2/b11-8-. The second-order valence-electron chi connectivity index (χ2n) is 2.89. The van der Waals surface area contributed by atoms with Gasteiger partial charge < -0.3 is 3.83 Å². The first-order chi connectivity index (χ1) is 6.86. The van der Waals surface area contributed by atoms with Crippen molar-refractivity contribution in [3.8, 4) is 0 Å². The highest BCUT2D eigenvalue weighted by molar-refractivity contribution is 9.09. The third kappa shape index (κ3) is 4.29. The van der Waals surface area contributed by atoms with Gasteiger partial charge in [-0.25, -0.2) is 0 Å². The summed E-state index contributed by atoms with van der Waals surface area (Å²) in [5.41, 5.74) is 1.33. The molecule has 14 heavy (non-hydrogen) atoms. The van der Waals surface area contributed by atoms with E-state index in [1.165, 1.54) is 5.56 Å². The van der Waals surface area contributed by atoms with Crippen LogP contribution in [0.2, 0.25) is 0 Å². The summed E-state index contributed by atoms with van der Waals surface area (Å²) >= 11 is 6.34. The first kappa shape index (κ1) is 11.8. The van der Waals surface area contributed by atoms with Crippen molar-refractivity contribution in [3.63, 3.8) is 0 Å². The van der Waals surface area contributed by atoms with Crippen molar-refractivity contribution in [1.29, 1.82) is 0 Å². The van der Waals surface area contributed by atoms with E-state index in [4.69, 9.17) is 3.83 Å². The highest BCUT2D eigenvalue weighted by atomic mass is 79.9. The number of benzene rings is 1. The molecule has 0 heterocycles. The Balaban J connectivity index is 2.44. The van der Waals surface area contributed by atoms with Crippen LogP contribution in [-0.4, -0.2) is 5.33 Å². The molecule has 1 nitrogen and oxygen atoms in total. The summed E-state index contributed by atoms with van der Waals surface area (Å²) in [6, 6.07) is 10.4. The molecule has 0 aliphatic carbocycles. The number of allylic oxidation sites excluding steroid dienone is 2. The monoisotopic (exact) mass is 318 g/mol. The number of alkyl halides is 1. The molecular formula is C11H12Br2O. The van der Waals surface area contributed by atoms with Crippen LogP contribution in [0, 0.1) is 0 Å². The van der Waals surface area contributed by atoms with Gasteiger partial charge in [-0.1, -0.05) is 46.3 Å². The second kappa shape index (κ2) is 7.07. The van der Waals surface area contributed by atoms with Crippen LogP contribution in [0.4, 0.5) is 0 Å². The second-order valence-corrected chi connectivity index (χ2v) is 3.86. The number of aryl methyl sites for hydroxylation is 1. The van der Waals surface area contributed by atoms with Crippen LogP contribution in [0.5, 0.6) is 0 Å². The van der Waals surface area contributed by atoms with E-state index in [9.17, 15) is 0 Å². The topological polar surface area (TPSA) is 9.23 Å². The van der Waals surface area contributed by atoms with Crippen LogP contribution in [0.1, 0.15) is 12.0 Å². The van der Waals surface area contributed by atoms with Crippen molar-refractivity contribution in [2.75, 3.05) is 5.33 Å². The fourth-order valence-corrected chi connectivity index (χ4v) is 1.83. The molecule has 0 aliphatic rings. The van der Waals surface area contributed by atoms with Crippen LogP contribution >= 0.6 is 32.2 Å². The molecule has 0 unspecified atom stereocenters. The lowest BCUT2D eigenvalue weighted by atomic mass is 10.1. The van der Waals surface area contributed by atoms with Gasteiger partial charge in [0, 0.05) is 11.8 Å². The van der Waals surface area contributed by atoms with Crippen molar-refractivity contribution in [1.82, 2.24) is 0 Å². The van der Waals surface area contributed by atoms with Gasteiger partial charge in [0.25, 0.3) is 0 Å². The zero-order valence-electron chi connectivity index (χ0n) is 7.75. The van der Waals surface area contributed by atoms with Crippen LogP contribution < -0.4 is 0 Å². The average molecular weight is 320 g/mol. The largest absolute Gasteiger partial charge is 0.423 e. The van der Waals surface area contributed by atoms with Crippen molar-refractivity contribution >= 4 is 32.2 Å². The molecule has 76 valence electrons. The molecular weight excluding hydrogens is 308 g/mol. The van der Waals surface area contributed by atoms with Gasteiger partial charge in [-0.05, 0) is 18.1 Å². The zero-order valence-corrected chi connectivity index (χ0v) is 10.9. The summed E-state index contributed by atoms with van der Waals surface area (Å²) in [4.78, 5) is 0. The first-order valence-corrected chi connectivity index (χ1v) is 6.21. The van der Waals surface area contributed by atoms with Crippen molar-refractivity contribution < 1.29 is 3.83 Å². The van der Waals surface area contributed by atoms with E-state index >= 15 is 0 Å². The lowest BCUT2D eigenvalue weighted by Gasteiger charge is -2.03. The molecule has 1 aromatic carbocycles. The molecule has 0 radical (unpaired) electrons. The molecule has 1 rings (SSSR count). The quantitative estimate of drug-likeness (QED) is 0.583. The maximum absolute atomic E-state index is 5.06. The summed E-state index contributed by atoms with van der Waals surface area (Å²) in [5, 5.41) is 0.822. The first-order valence-electron chi connectivity index (χ1n) is 4.44. The SMILES string of the molecule is BrC/C=C(/CCc1ccccc1)OBr. The number of hydrogen-bond acceptors (Lipinski definition) is 1. The molecule has 0 amide bonds. The fourth-order valence-electron chi connectivity index (χ4n) is 1.17. The van der Waals surface area contributed by atoms with Gasteiger partial charge in [-0.2, -0.15) is 0 Å². The maximum atomic E-state index is 5.06. The smallest absolute Gasteiger partial charge is 0.178 e. The molecule has 0 bridgehead atoms. The Bertz CT molecular complexity index is 283. The summed E-state index contributed by atoms with van der Waals surface area (Å²) in [6.45, 7) is 0. The van der Waals surface area contributed by atoms with E-state index in [2.05, 4.69) is 56.5 Å². The molecule has 0 saturated heterocycles. The van der Waals surface area contributed by atoms with Gasteiger partial charge in [-0.15, -0.1) is 0 Å². The van der Waals surface area contributed by atoms with Gasteiger partial charge >= 0.3 is 0 Å². The van der Waals surface area contributed by atoms with Gasteiger partial charge in [0.1, 0.15) is 5.76 Å². The molecule has 0 aliphatic heterocycles. The normalized spacial score (nSPS) is 11.4. The zero-order chi connectivity index (χ0) is 10.2. The maximum Gasteiger partial charge on any atom is 0.178 e. The summed E-state index contributed by atoms with van der Waals surface area (Å²) in [7, 11) is 0. The minimum atomic E-state index is 0.822. The van der Waals surface area contributed by atoms with Crippen molar-refractivity contribution in [3.05, 3.63) is 47.7 Å². The van der Waals surface area contributed by atoms with Crippen molar-refractivity contribution in [2.24, 2.45) is 0 Å². The summed E-state index contributed by atoms with van der Waals surface area (Å²) < 4.78 is 5.06. The van der Waals surface area contributed by atoms with E-state index in [-0.39, 0.29) is 0 Å². The van der Waals surface area contributed by atoms with E-state index in [0.717, 1.165) is 23.9 Å². The fraction of sp³-hybridized carbons (Fsp3) is 0.273. The van der Waals surface area contributed by atoms with E-state index in [1.54, 1.807) is 0 Å². The molecule has 0 atom stereocenters. The molecule has 0 fully saturated rings. The molecule has 3 heteroatoms. The molecule has 0 saturated carbocycles. The Morgan fingerprint density at radius 3 is 2.57 bits per heavy atom. The third-order valence-electron chi connectivity index (χ3n) is 1.91. The van der Waals surface area contributed by atoms with Crippen LogP contribution in [0.25, 0.3) is 0 Å². The summed E-state index contributed by atoms with van der Waals surface area (Å²) in [6.07, 6.45) is 3.93. The highest BCUT2D eigenvalue weighted by Crippen LogP contribution is 2.13. The predicted octanol–water partition coefficient (Wildman–Crippen LogP) is 4.22. The highest BCUT2D eigenvalue weighted by Gasteiger charge is 1.98. The third-order valence-corrected chi connectivity index (χ3v) is 2.65. The molecule has 0 spiro atoms. The molecule has 0 aromatic heterocycles. The number of rotatable bonds is 5. The van der Waals surface area contributed by atoms with Crippen molar-refractivity contribution in [2.45, 2.75) is 12.8 Å². The van der Waals surface area contributed by atoms with E-state index in [1.807, 2.05) is 12.1 Å².